The van der Waals surface area contributed by atoms with Gasteiger partial charge in [-0.3, -0.25) is 14.7 Å². The number of hydrogen-bond acceptors (Lipinski definition) is 4. The number of carbonyl (C=O) groups is 1. The predicted octanol–water partition coefficient (Wildman–Crippen LogP) is 0.120. The van der Waals surface area contributed by atoms with Crippen LogP contribution in [0.15, 0.2) is 18.3 Å². The summed E-state index contributed by atoms with van der Waals surface area (Å²) in [5, 5.41) is 3.35. The first-order valence-corrected chi connectivity index (χ1v) is 6.91. The van der Waals surface area contributed by atoms with E-state index in [-0.39, 0.29) is 5.91 Å². The highest BCUT2D eigenvalue weighted by molar-refractivity contribution is 5.95. The van der Waals surface area contributed by atoms with Crippen LogP contribution in [0, 0.1) is 6.92 Å². The maximum absolute atomic E-state index is 12.3. The largest absolute Gasteiger partial charge is 0.335 e. The van der Waals surface area contributed by atoms with Crippen molar-refractivity contribution in [3.63, 3.8) is 0 Å². The second kappa shape index (κ2) is 5.27. The maximum Gasteiger partial charge on any atom is 0.255 e. The summed E-state index contributed by atoms with van der Waals surface area (Å²) in [4.78, 5) is 20.9. The van der Waals surface area contributed by atoms with Gasteiger partial charge >= 0.3 is 0 Å². The van der Waals surface area contributed by atoms with Gasteiger partial charge in [0.05, 0.1) is 5.56 Å². The monoisotopic (exact) mass is 260 g/mol. The standard InChI is InChI=1S/C14H20N4O/c1-11-13(3-2-4-16-11)14(19)18-9-12(10-18)17-7-5-15-6-8-17/h2-4,12,15H,5-10H2,1H3. The molecular weight excluding hydrogens is 240 g/mol. The number of nitrogens with one attached hydrogen (secondary N) is 1. The van der Waals surface area contributed by atoms with Crippen LogP contribution in [0.3, 0.4) is 0 Å². The van der Waals surface area contributed by atoms with Crippen LogP contribution in [0.4, 0.5) is 0 Å². The van der Waals surface area contributed by atoms with Gasteiger partial charge in [-0.25, -0.2) is 0 Å². The van der Waals surface area contributed by atoms with Crippen LogP contribution in [0.5, 0.6) is 0 Å². The van der Waals surface area contributed by atoms with E-state index >= 15 is 0 Å². The first-order chi connectivity index (χ1) is 9.25. The van der Waals surface area contributed by atoms with E-state index in [1.54, 1.807) is 6.20 Å². The molecule has 1 aromatic rings. The Bertz CT molecular complexity index is 464. The summed E-state index contributed by atoms with van der Waals surface area (Å²) in [5.74, 6) is 0.122. The minimum atomic E-state index is 0.122. The number of aromatic nitrogens is 1. The fourth-order valence-electron chi connectivity index (χ4n) is 2.78. The molecule has 5 heteroatoms. The zero-order valence-electron chi connectivity index (χ0n) is 11.3. The lowest BCUT2D eigenvalue weighted by atomic mass is 10.0. The number of piperazine rings is 1. The Morgan fingerprint density at radius 2 is 2.11 bits per heavy atom. The fourth-order valence-corrected chi connectivity index (χ4v) is 2.78. The third-order valence-electron chi connectivity index (χ3n) is 4.05. The molecule has 3 rings (SSSR count). The minimum absolute atomic E-state index is 0.122. The number of likely N-dealkylation sites (tertiary alicyclic amines) is 1. The van der Waals surface area contributed by atoms with Gasteiger partial charge in [-0.15, -0.1) is 0 Å². The van der Waals surface area contributed by atoms with Gasteiger partial charge in [0.2, 0.25) is 0 Å². The van der Waals surface area contributed by atoms with Gasteiger partial charge < -0.3 is 10.2 Å². The Balaban J connectivity index is 1.58. The van der Waals surface area contributed by atoms with Crippen molar-refractivity contribution in [3.05, 3.63) is 29.6 Å². The molecule has 2 saturated heterocycles. The Kier molecular flexibility index (Phi) is 3.48. The number of pyridine rings is 1. The zero-order valence-corrected chi connectivity index (χ0v) is 11.3. The predicted molar refractivity (Wildman–Crippen MR) is 73.1 cm³/mol. The Labute approximate surface area is 113 Å². The molecule has 1 aromatic heterocycles. The molecule has 2 aliphatic rings. The molecule has 0 aliphatic carbocycles. The van der Waals surface area contributed by atoms with Crippen LogP contribution in [-0.2, 0) is 0 Å². The van der Waals surface area contributed by atoms with E-state index in [1.165, 1.54) is 0 Å². The first-order valence-electron chi connectivity index (χ1n) is 6.91. The molecule has 102 valence electrons. The highest BCUT2D eigenvalue weighted by Gasteiger charge is 2.35. The van der Waals surface area contributed by atoms with Gasteiger partial charge in [0.1, 0.15) is 0 Å². The van der Waals surface area contributed by atoms with Crippen molar-refractivity contribution < 1.29 is 4.79 Å². The van der Waals surface area contributed by atoms with Crippen molar-refractivity contribution in [3.8, 4) is 0 Å². The quantitative estimate of drug-likeness (QED) is 0.820. The second-order valence-corrected chi connectivity index (χ2v) is 5.29. The zero-order chi connectivity index (χ0) is 13.2. The Morgan fingerprint density at radius 3 is 2.79 bits per heavy atom. The van der Waals surface area contributed by atoms with Crippen molar-refractivity contribution in [2.75, 3.05) is 39.3 Å². The van der Waals surface area contributed by atoms with E-state index in [9.17, 15) is 4.79 Å². The Morgan fingerprint density at radius 1 is 1.37 bits per heavy atom. The number of amides is 1. The third-order valence-corrected chi connectivity index (χ3v) is 4.05. The summed E-state index contributed by atoms with van der Waals surface area (Å²) in [6.45, 7) is 7.91. The Hall–Kier alpha value is -1.46. The lowest BCUT2D eigenvalue weighted by molar-refractivity contribution is 0.0226. The van der Waals surface area contributed by atoms with Crippen molar-refractivity contribution in [1.82, 2.24) is 20.1 Å². The molecule has 2 fully saturated rings. The molecular formula is C14H20N4O. The van der Waals surface area contributed by atoms with E-state index in [4.69, 9.17) is 0 Å². The van der Waals surface area contributed by atoms with E-state index < -0.39 is 0 Å². The van der Waals surface area contributed by atoms with E-state index in [0.717, 1.165) is 50.5 Å². The highest BCUT2D eigenvalue weighted by Crippen LogP contribution is 2.19. The first kappa shape index (κ1) is 12.6. The van der Waals surface area contributed by atoms with Gasteiger partial charge in [0.25, 0.3) is 5.91 Å². The maximum atomic E-state index is 12.3. The molecule has 0 bridgehead atoms. The van der Waals surface area contributed by atoms with E-state index in [2.05, 4.69) is 15.2 Å². The van der Waals surface area contributed by atoms with Crippen LogP contribution in [-0.4, -0.2) is 66.0 Å². The van der Waals surface area contributed by atoms with Crippen molar-refractivity contribution in [1.29, 1.82) is 0 Å². The molecule has 0 unspecified atom stereocenters. The van der Waals surface area contributed by atoms with Crippen LogP contribution in [0.25, 0.3) is 0 Å². The molecule has 1 amide bonds. The average molecular weight is 260 g/mol. The molecule has 0 radical (unpaired) electrons. The van der Waals surface area contributed by atoms with Crippen molar-refractivity contribution >= 4 is 5.91 Å². The van der Waals surface area contributed by atoms with Crippen LogP contribution < -0.4 is 5.32 Å². The SMILES string of the molecule is Cc1ncccc1C(=O)N1CC(N2CCNCC2)C1. The fraction of sp³-hybridized carbons (Fsp3) is 0.571. The molecule has 0 spiro atoms. The number of nitrogens with zero attached hydrogens (tertiary/aromatic N) is 3. The van der Waals surface area contributed by atoms with Crippen molar-refractivity contribution in [2.24, 2.45) is 0 Å². The number of rotatable bonds is 2. The average Bonchev–Trinajstić information content (AvgIpc) is 2.38. The number of hydrogen-bond donors (Lipinski definition) is 1. The summed E-state index contributed by atoms with van der Waals surface area (Å²) in [6, 6.07) is 4.24. The topological polar surface area (TPSA) is 48.5 Å². The summed E-state index contributed by atoms with van der Waals surface area (Å²) in [6.07, 6.45) is 1.73. The van der Waals surface area contributed by atoms with Crippen LogP contribution in [0.1, 0.15) is 16.1 Å². The van der Waals surface area contributed by atoms with Gasteiger partial charge in [-0.2, -0.15) is 0 Å². The molecule has 1 N–H and O–H groups in total. The van der Waals surface area contributed by atoms with E-state index in [1.807, 2.05) is 24.0 Å². The van der Waals surface area contributed by atoms with E-state index in [0.29, 0.717) is 6.04 Å². The van der Waals surface area contributed by atoms with Gasteiger partial charge in [0.15, 0.2) is 0 Å². The summed E-state index contributed by atoms with van der Waals surface area (Å²) in [5.41, 5.74) is 1.55. The van der Waals surface area contributed by atoms with Gasteiger partial charge in [-0.05, 0) is 19.1 Å². The van der Waals surface area contributed by atoms with Crippen LogP contribution >= 0.6 is 0 Å². The summed E-state index contributed by atoms with van der Waals surface area (Å²) >= 11 is 0. The molecule has 3 heterocycles. The molecule has 19 heavy (non-hydrogen) atoms. The normalized spacial score (nSPS) is 21.2. The lowest BCUT2D eigenvalue weighted by Gasteiger charge is -2.46. The lowest BCUT2D eigenvalue weighted by Crippen LogP contribution is -2.63. The van der Waals surface area contributed by atoms with Crippen LogP contribution in [0.2, 0.25) is 0 Å². The summed E-state index contributed by atoms with van der Waals surface area (Å²) < 4.78 is 0. The molecule has 2 aliphatic heterocycles. The third kappa shape index (κ3) is 2.48. The minimum Gasteiger partial charge on any atom is -0.335 e. The highest BCUT2D eigenvalue weighted by atomic mass is 16.2. The van der Waals surface area contributed by atoms with Crippen molar-refractivity contribution in [2.45, 2.75) is 13.0 Å². The number of aryl methyl sites for hydroxylation is 1. The molecule has 5 nitrogen and oxygen atoms in total. The van der Waals surface area contributed by atoms with Gasteiger partial charge in [-0.1, -0.05) is 0 Å². The van der Waals surface area contributed by atoms with Gasteiger partial charge in [0, 0.05) is 57.2 Å². The molecule has 0 aromatic carbocycles. The second-order valence-electron chi connectivity index (χ2n) is 5.29. The smallest absolute Gasteiger partial charge is 0.255 e. The number of carbonyl (C=O) groups excluding carboxylic acids is 1. The molecule has 0 atom stereocenters. The summed E-state index contributed by atoms with van der Waals surface area (Å²) in [7, 11) is 0. The molecule has 0 saturated carbocycles.